The fraction of sp³-hybridized carbons (Fsp3) is 0.480. The number of benzene rings is 1. The second kappa shape index (κ2) is 15.2. The first kappa shape index (κ1) is 31.7. The Balaban J connectivity index is 2.18. The number of aryl methyl sites for hydroxylation is 1. The van der Waals surface area contributed by atoms with Gasteiger partial charge in [0.15, 0.2) is 0 Å². The quantitative estimate of drug-likeness (QED) is 0.186. The summed E-state index contributed by atoms with van der Waals surface area (Å²) in [5.74, 6) is -1.82. The van der Waals surface area contributed by atoms with Crippen LogP contribution in [0.15, 0.2) is 36.5 Å². The molecule has 2 aromatic rings. The number of amides is 2. The van der Waals surface area contributed by atoms with Gasteiger partial charge >= 0.3 is 232 Å². The van der Waals surface area contributed by atoms with Crippen LogP contribution in [-0.4, -0.2) is 105 Å². The molecule has 2 rings (SSSR count). The summed E-state index contributed by atoms with van der Waals surface area (Å²) in [5.41, 5.74) is -1.34. The van der Waals surface area contributed by atoms with Crippen LogP contribution in [0.4, 0.5) is 0 Å². The Morgan fingerprint density at radius 1 is 1.08 bits per heavy atom. The molecule has 0 saturated heterocycles. The molecule has 0 radical (unpaired) electrons. The van der Waals surface area contributed by atoms with E-state index in [4.69, 9.17) is 9.47 Å². The van der Waals surface area contributed by atoms with Crippen molar-refractivity contribution in [2.75, 3.05) is 34.0 Å². The van der Waals surface area contributed by atoms with Gasteiger partial charge in [-0.3, -0.25) is 0 Å². The van der Waals surface area contributed by atoms with Crippen molar-refractivity contribution < 1.29 is 38.9 Å². The number of nitrogens with zero attached hydrogens (tertiary/aromatic N) is 1. The molecule has 208 valence electrons. The van der Waals surface area contributed by atoms with Crippen LogP contribution in [0, 0.1) is 6.92 Å². The SMILES string of the molecule is COC[C@H](NC(=O)c1cnc(C)s1)C(=O)[AsH][C@@H](COC)C(=O)N[C@@H](Cc1ccccc1)C(=O)[C@](C)(O)CO. The first-order chi connectivity index (χ1) is 18.0. The third-order valence-corrected chi connectivity index (χ3v) is 9.39. The number of ketones is 1. The summed E-state index contributed by atoms with van der Waals surface area (Å²) in [7, 11) is 2.79. The van der Waals surface area contributed by atoms with Gasteiger partial charge in [0.2, 0.25) is 0 Å². The minimum atomic E-state index is -2.07. The van der Waals surface area contributed by atoms with E-state index in [0.29, 0.717) is 9.88 Å². The van der Waals surface area contributed by atoms with Gasteiger partial charge in [-0.25, -0.2) is 0 Å². The van der Waals surface area contributed by atoms with E-state index in [1.165, 1.54) is 38.7 Å². The molecule has 0 aliphatic rings. The van der Waals surface area contributed by atoms with Crippen LogP contribution in [-0.2, 0) is 30.3 Å². The van der Waals surface area contributed by atoms with Gasteiger partial charge in [0, 0.05) is 0 Å². The first-order valence-electron chi connectivity index (χ1n) is 11.8. The Morgan fingerprint density at radius 2 is 1.74 bits per heavy atom. The molecule has 1 unspecified atom stereocenters. The van der Waals surface area contributed by atoms with E-state index in [1.54, 1.807) is 37.3 Å². The number of Topliss-reactive ketones (excluding diaryl/α,β-unsaturated/α-hetero) is 1. The number of hydrogen-bond acceptors (Lipinski definition) is 10. The molecule has 0 aliphatic carbocycles. The second-order valence-electron chi connectivity index (χ2n) is 8.79. The van der Waals surface area contributed by atoms with Crippen molar-refractivity contribution in [1.29, 1.82) is 0 Å². The van der Waals surface area contributed by atoms with Crippen molar-refractivity contribution in [3.05, 3.63) is 52.0 Å². The van der Waals surface area contributed by atoms with Crippen molar-refractivity contribution in [3.63, 3.8) is 0 Å². The topological polar surface area (TPSA) is 164 Å². The number of hydrogen-bond donors (Lipinski definition) is 4. The predicted octanol–water partition coefficient (Wildman–Crippen LogP) is -0.366. The monoisotopic (exact) mass is 611 g/mol. The number of aromatic nitrogens is 1. The summed E-state index contributed by atoms with van der Waals surface area (Å²) in [5, 5.41) is 25.9. The molecule has 2 amide bonds. The Bertz CT molecular complexity index is 1100. The molecular formula is C25H34AsN3O8S. The van der Waals surface area contributed by atoms with Crippen LogP contribution < -0.4 is 10.6 Å². The number of aliphatic hydroxyl groups excluding tert-OH is 1. The molecular weight excluding hydrogens is 577 g/mol. The summed E-state index contributed by atoms with van der Waals surface area (Å²) in [6.07, 6.45) is 1.50. The molecule has 0 saturated carbocycles. The molecule has 4 N–H and O–H groups in total. The fourth-order valence-corrected chi connectivity index (χ4v) is 6.58. The number of carbonyl (C=O) groups is 4. The molecule has 13 heteroatoms. The van der Waals surface area contributed by atoms with Gasteiger partial charge in [-0.1, -0.05) is 0 Å². The second-order valence-corrected chi connectivity index (χ2v) is 13.1. The van der Waals surface area contributed by atoms with Gasteiger partial charge < -0.3 is 0 Å². The number of methoxy groups -OCH3 is 2. The average molecular weight is 612 g/mol. The van der Waals surface area contributed by atoms with Gasteiger partial charge in [-0.05, 0) is 0 Å². The Morgan fingerprint density at radius 3 is 2.29 bits per heavy atom. The zero-order chi connectivity index (χ0) is 28.3. The Kier molecular flexibility index (Phi) is 12.7. The normalized spacial score (nSPS) is 15.4. The van der Waals surface area contributed by atoms with Crippen molar-refractivity contribution in [2.24, 2.45) is 0 Å². The zero-order valence-electron chi connectivity index (χ0n) is 21.7. The molecule has 1 heterocycles. The van der Waals surface area contributed by atoms with Crippen molar-refractivity contribution in [3.8, 4) is 0 Å². The molecule has 11 nitrogen and oxygen atoms in total. The molecule has 1 aromatic carbocycles. The third kappa shape index (κ3) is 9.37. The molecule has 0 bridgehead atoms. The summed E-state index contributed by atoms with van der Waals surface area (Å²) in [6.45, 7) is 1.95. The summed E-state index contributed by atoms with van der Waals surface area (Å²) in [6, 6.07) is 6.77. The third-order valence-electron chi connectivity index (χ3n) is 5.52. The predicted molar refractivity (Wildman–Crippen MR) is 143 cm³/mol. The van der Waals surface area contributed by atoms with E-state index in [9.17, 15) is 29.4 Å². The zero-order valence-corrected chi connectivity index (χ0v) is 24.6. The number of nitrogens with one attached hydrogen (secondary N) is 2. The molecule has 0 aliphatic heterocycles. The van der Waals surface area contributed by atoms with Gasteiger partial charge in [-0.2, -0.15) is 0 Å². The van der Waals surface area contributed by atoms with Gasteiger partial charge in [0.1, 0.15) is 0 Å². The van der Waals surface area contributed by atoms with Crippen LogP contribution in [0.2, 0.25) is 4.71 Å². The van der Waals surface area contributed by atoms with Crippen molar-refractivity contribution in [1.82, 2.24) is 15.6 Å². The van der Waals surface area contributed by atoms with Gasteiger partial charge in [-0.15, -0.1) is 0 Å². The van der Waals surface area contributed by atoms with Crippen LogP contribution in [0.5, 0.6) is 0 Å². The Labute approximate surface area is 232 Å². The molecule has 1 aromatic heterocycles. The van der Waals surface area contributed by atoms with Crippen molar-refractivity contribution >= 4 is 49.3 Å². The van der Waals surface area contributed by atoms with Crippen LogP contribution in [0.3, 0.4) is 0 Å². The van der Waals surface area contributed by atoms with Gasteiger partial charge in [0.25, 0.3) is 0 Å². The van der Waals surface area contributed by atoms with E-state index in [1.807, 2.05) is 0 Å². The maximum atomic E-state index is 13.3. The first-order valence-corrected chi connectivity index (χ1v) is 14.8. The summed E-state index contributed by atoms with van der Waals surface area (Å²) in [4.78, 5) is 56.5. The number of aliphatic hydroxyl groups is 2. The molecule has 0 spiro atoms. The molecule has 38 heavy (non-hydrogen) atoms. The maximum absolute atomic E-state index is 13.3. The average Bonchev–Trinajstić information content (AvgIpc) is 3.34. The standard InChI is InChI=1S/C25H34AsN3O8S/c1-15-27-11-20(38-15)24(34)29-19(13-37-4)22(32)26-17(12-36-3)23(33)28-18(21(31)25(2,35)14-30)10-16-8-6-5-7-9-16/h5-9,11,17-19,26,30,35H,10,12-14H2,1-4H3,(H,28,33)(H,29,34)/t17-,18-,19-,25+/m0/s1. The summed E-state index contributed by atoms with van der Waals surface area (Å²) < 4.78 is 9.10. The van der Waals surface area contributed by atoms with Crippen LogP contribution in [0.1, 0.15) is 27.2 Å². The minimum absolute atomic E-state index is 0.0752. The van der Waals surface area contributed by atoms with Crippen LogP contribution in [0.25, 0.3) is 0 Å². The van der Waals surface area contributed by atoms with E-state index in [0.717, 1.165) is 5.56 Å². The number of rotatable bonds is 16. The molecule has 0 fully saturated rings. The van der Waals surface area contributed by atoms with E-state index in [-0.39, 0.29) is 24.2 Å². The fourth-order valence-electron chi connectivity index (χ4n) is 3.45. The number of carbonyl (C=O) groups excluding carboxylic acids is 4. The van der Waals surface area contributed by atoms with Crippen molar-refractivity contribution in [2.45, 2.75) is 42.7 Å². The molecule has 5 atom stereocenters. The number of thiazole rings is 1. The van der Waals surface area contributed by atoms with E-state index < -0.39 is 62.3 Å². The van der Waals surface area contributed by atoms with E-state index >= 15 is 0 Å². The number of ether oxygens (including phenoxy) is 2. The van der Waals surface area contributed by atoms with Crippen LogP contribution >= 0.6 is 11.3 Å². The van der Waals surface area contributed by atoms with Gasteiger partial charge in [0.05, 0.1) is 0 Å². The Hall–Kier alpha value is -2.47. The summed E-state index contributed by atoms with van der Waals surface area (Å²) >= 11 is -0.531. The van der Waals surface area contributed by atoms with E-state index in [2.05, 4.69) is 15.6 Å².